The molecule has 2 N–H and O–H groups in total. The molecule has 0 spiro atoms. The van der Waals surface area contributed by atoms with Crippen LogP contribution in [0.5, 0.6) is 0 Å². The number of nitrogens with zero attached hydrogens (tertiary/aromatic N) is 6. The minimum Gasteiger partial charge on any atom is -1.00 e. The fourth-order valence-electron chi connectivity index (χ4n) is 13.0. The van der Waals surface area contributed by atoms with Gasteiger partial charge in [-0.1, -0.05) is 181 Å². The van der Waals surface area contributed by atoms with Crippen molar-refractivity contribution in [3.63, 3.8) is 0 Å². The molecule has 562 valence electrons. The third-order valence-electron chi connectivity index (χ3n) is 17.9. The molecule has 14 nitrogen and oxygen atoms in total. The van der Waals surface area contributed by atoms with Crippen molar-refractivity contribution < 1.29 is 103 Å². The number of allylic oxidation sites excluding steroid dienone is 6. The molecular formula is C88H93Br3N6O8S3. The van der Waals surface area contributed by atoms with Gasteiger partial charge in [-0.3, -0.25) is 14.4 Å². The molecular weight excluding hydrogens is 1600 g/mol. The number of rotatable bonds is 29. The first-order chi connectivity index (χ1) is 51.6. The van der Waals surface area contributed by atoms with Crippen LogP contribution in [0.25, 0.3) is 50.9 Å². The second-order valence-electron chi connectivity index (χ2n) is 25.0. The number of benzene rings is 7. The van der Waals surface area contributed by atoms with Crippen LogP contribution >= 0.6 is 35.3 Å². The number of halogens is 3. The Morgan fingerprint density at radius 2 is 0.741 bits per heavy atom. The van der Waals surface area contributed by atoms with Gasteiger partial charge in [-0.05, 0) is 130 Å². The Morgan fingerprint density at radius 3 is 1.18 bits per heavy atom. The summed E-state index contributed by atoms with van der Waals surface area (Å²) in [7, 11) is 0. The summed E-state index contributed by atoms with van der Waals surface area (Å²) in [6.45, 7) is 11.5. The Labute approximate surface area is 679 Å². The average molecular weight is 1700 g/mol. The number of pyridine rings is 3. The van der Waals surface area contributed by atoms with E-state index in [1.54, 1.807) is 23.5 Å². The SMILES string of the molecule is CCOC(=O)CCCCCN1C(=CC=Cc2cc[n+](Cc3ccccc3)c3ccccc23)Sc2ccccc21.CCOC(=O)CCCN1C(=CC=Cc2cc[n+](CCO)c3ccccc23)Sc2ccccc21.CCOC(=O)CCC[n+]1ccc(C=CC=C2Sc3ccccc3N2CCO)c2ccccc21.[Br-].[Br-].[Br-]. The monoisotopic (exact) mass is 1690 g/mol. The zero-order valence-electron chi connectivity index (χ0n) is 61.2. The van der Waals surface area contributed by atoms with Crippen molar-refractivity contribution in [2.75, 3.05) is 67.4 Å². The molecule has 0 atom stereocenters. The largest absolute Gasteiger partial charge is 1.00 e. The normalized spacial score (nSPS) is 13.8. The molecule has 3 aromatic heterocycles. The van der Waals surface area contributed by atoms with Gasteiger partial charge in [-0.25, -0.2) is 0 Å². The molecule has 0 saturated carbocycles. The van der Waals surface area contributed by atoms with E-state index >= 15 is 0 Å². The second-order valence-corrected chi connectivity index (χ2v) is 28.2. The summed E-state index contributed by atoms with van der Waals surface area (Å²) in [5.74, 6) is -0.376. The van der Waals surface area contributed by atoms with Crippen LogP contribution in [0.3, 0.4) is 0 Å². The van der Waals surface area contributed by atoms with E-state index in [0.717, 1.165) is 102 Å². The number of aliphatic hydroxyl groups is 2. The highest BCUT2D eigenvalue weighted by Crippen LogP contribution is 2.48. The Kier molecular flexibility index (Phi) is 35.3. The number of thioether (sulfide) groups is 3. The molecule has 108 heavy (non-hydrogen) atoms. The second kappa shape index (κ2) is 44.8. The summed E-state index contributed by atoms with van der Waals surface area (Å²) < 4.78 is 21.7. The minimum absolute atomic E-state index is 0. The highest BCUT2D eigenvalue weighted by Gasteiger charge is 2.27. The number of unbranched alkanes of at least 4 members (excludes halogenated alkanes) is 2. The summed E-state index contributed by atoms with van der Waals surface area (Å²) >= 11 is 5.29. The van der Waals surface area contributed by atoms with E-state index in [2.05, 4.69) is 247 Å². The summed E-state index contributed by atoms with van der Waals surface area (Å²) in [5, 5.41) is 25.9. The maximum absolute atomic E-state index is 11.8. The number of hydrogen-bond acceptors (Lipinski definition) is 14. The number of ether oxygens (including phenoxy) is 3. The Morgan fingerprint density at radius 1 is 0.380 bits per heavy atom. The lowest BCUT2D eigenvalue weighted by Gasteiger charge is -2.20. The third-order valence-corrected chi connectivity index (χ3v) is 21.3. The predicted octanol–water partition coefficient (Wildman–Crippen LogP) is 8.64. The smallest absolute Gasteiger partial charge is 0.306 e. The first kappa shape index (κ1) is 85.0. The lowest BCUT2D eigenvalue weighted by molar-refractivity contribution is -0.672. The number of aliphatic hydroxyl groups excluding tert-OH is 2. The van der Waals surface area contributed by atoms with Crippen molar-refractivity contribution in [1.82, 2.24) is 0 Å². The zero-order valence-corrected chi connectivity index (χ0v) is 68.4. The lowest BCUT2D eigenvalue weighted by Crippen LogP contribution is -3.00. The molecule has 0 fully saturated rings. The molecule has 3 aliphatic rings. The van der Waals surface area contributed by atoms with Gasteiger partial charge >= 0.3 is 17.9 Å². The molecule has 20 heteroatoms. The van der Waals surface area contributed by atoms with Crippen LogP contribution in [-0.2, 0) is 48.2 Å². The fourth-order valence-corrected chi connectivity index (χ4v) is 16.3. The molecule has 0 radical (unpaired) electrons. The van der Waals surface area contributed by atoms with E-state index in [4.69, 9.17) is 14.2 Å². The maximum atomic E-state index is 11.8. The van der Waals surface area contributed by atoms with Crippen molar-refractivity contribution in [2.24, 2.45) is 0 Å². The number of fused-ring (bicyclic) bond motifs is 6. The van der Waals surface area contributed by atoms with Gasteiger partial charge in [0.15, 0.2) is 31.7 Å². The first-order valence-electron chi connectivity index (χ1n) is 36.4. The maximum Gasteiger partial charge on any atom is 0.306 e. The molecule has 7 aromatic carbocycles. The van der Waals surface area contributed by atoms with Gasteiger partial charge in [-0.15, -0.1) is 0 Å². The van der Waals surface area contributed by atoms with E-state index in [1.165, 1.54) is 58.5 Å². The van der Waals surface area contributed by atoms with Crippen molar-refractivity contribution in [1.29, 1.82) is 0 Å². The predicted molar refractivity (Wildman–Crippen MR) is 429 cm³/mol. The number of carbonyl (C=O) groups is 3. The number of para-hydroxylation sites is 6. The summed E-state index contributed by atoms with van der Waals surface area (Å²) in [4.78, 5) is 45.6. The Bertz CT molecular complexity index is 4820. The number of β-amino-alcohol motifs (C(OH)–C–C–N with tert-alkyl or cyclic N) is 1. The van der Waals surface area contributed by atoms with Gasteiger partial charge in [0, 0.05) is 95.5 Å². The number of hydrogen-bond donors (Lipinski definition) is 2. The summed E-state index contributed by atoms with van der Waals surface area (Å²) in [5.41, 5.74) is 11.8. The molecule has 10 aromatic rings. The van der Waals surface area contributed by atoms with Crippen molar-refractivity contribution in [3.8, 4) is 0 Å². The van der Waals surface area contributed by atoms with Gasteiger partial charge in [0.2, 0.25) is 16.6 Å². The molecule has 3 aliphatic heterocycles. The topological polar surface area (TPSA) is 141 Å². The van der Waals surface area contributed by atoms with Crippen LogP contribution in [0.2, 0.25) is 0 Å². The van der Waals surface area contributed by atoms with Crippen molar-refractivity contribution >= 4 is 121 Å². The van der Waals surface area contributed by atoms with Crippen LogP contribution in [0.1, 0.15) is 94.4 Å². The van der Waals surface area contributed by atoms with Gasteiger partial charge in [0.25, 0.3) is 0 Å². The highest BCUT2D eigenvalue weighted by atomic mass is 79.9. The van der Waals surface area contributed by atoms with Crippen molar-refractivity contribution in [2.45, 2.75) is 106 Å². The molecule has 0 aliphatic carbocycles. The Balaban J connectivity index is 0.000000202. The van der Waals surface area contributed by atoms with E-state index in [0.29, 0.717) is 52.2 Å². The van der Waals surface area contributed by atoms with E-state index in [1.807, 2.05) is 81.2 Å². The number of esters is 3. The fraction of sp³-hybridized carbons (Fsp3) is 0.250. The third kappa shape index (κ3) is 23.2. The lowest BCUT2D eigenvalue weighted by atomic mass is 10.1. The molecule has 0 amide bonds. The molecule has 6 heterocycles. The van der Waals surface area contributed by atoms with E-state index < -0.39 is 0 Å². The number of aryl methyl sites for hydroxylation is 1. The summed E-state index contributed by atoms with van der Waals surface area (Å²) in [6, 6.07) is 67.4. The van der Waals surface area contributed by atoms with Gasteiger partial charge < -0.3 is 90.1 Å². The van der Waals surface area contributed by atoms with Crippen LogP contribution in [-0.4, -0.2) is 80.8 Å². The van der Waals surface area contributed by atoms with Crippen LogP contribution in [0.4, 0.5) is 17.1 Å². The first-order valence-corrected chi connectivity index (χ1v) is 38.8. The highest BCUT2D eigenvalue weighted by molar-refractivity contribution is 8.04. The molecule has 13 rings (SSSR count). The standard InChI is InChI=1S/C34H35N2O2S.2C27H29N2O3S.3BrH/c1-2-38-34(37)22-7-4-12-24-36-31-19-10-11-20-32(31)39-33(36)21-13-16-28-23-25-35(26-27-14-5-3-6-15-27)30-18-9-8-17-29(28)30;1-2-32-27(31)15-8-17-29-24-12-5-6-13-25(24)33-26(29)14-7-9-21-16-18-28(19-20-30)23-11-4-3-10-22(21)23;1-2-32-27(31)15-8-17-28-18-16-21(22-10-3-4-11-23(22)28)9-7-14-26-29(19-20-30)24-12-5-6-13-25(24)33-26;;;/h3,5-6,8-11,13-21,23,25H,2,4,7,12,22,24,26H2,1H3;2*3-7,9-14,16,18,30H,2,8,15,17,19-20H2,1H3;3*1H/q3*+1;;;/p-3. The average Bonchev–Trinajstić information content (AvgIpc) is 1.73. The number of aromatic nitrogens is 3. The van der Waals surface area contributed by atoms with E-state index in [-0.39, 0.29) is 82.1 Å². The number of carbonyl (C=O) groups excluding carboxylic acids is 3. The van der Waals surface area contributed by atoms with E-state index in [9.17, 15) is 24.6 Å². The van der Waals surface area contributed by atoms with Crippen molar-refractivity contribution in [3.05, 3.63) is 287 Å². The zero-order chi connectivity index (χ0) is 73.0. The van der Waals surface area contributed by atoms with Gasteiger partial charge in [-0.2, -0.15) is 13.7 Å². The van der Waals surface area contributed by atoms with Crippen LogP contribution < -0.4 is 79.3 Å². The quantitative estimate of drug-likeness (QED) is 0.0200. The van der Waals surface area contributed by atoms with Gasteiger partial charge in [0.05, 0.1) is 81.2 Å². The van der Waals surface area contributed by atoms with Crippen LogP contribution in [0, 0.1) is 0 Å². The van der Waals surface area contributed by atoms with Gasteiger partial charge in [0.1, 0.15) is 13.2 Å². The number of anilines is 3. The molecule has 0 bridgehead atoms. The molecule has 0 saturated heterocycles. The minimum atomic E-state index is -0.142. The summed E-state index contributed by atoms with van der Waals surface area (Å²) in [6.07, 6.45) is 31.3. The van der Waals surface area contributed by atoms with Crippen LogP contribution in [0.15, 0.2) is 279 Å². The Hall–Kier alpha value is -8.57. The molecule has 0 unspecified atom stereocenters.